The molecule has 0 spiro atoms. The predicted octanol–water partition coefficient (Wildman–Crippen LogP) is 4.03. The van der Waals surface area contributed by atoms with Gasteiger partial charge in [0.2, 0.25) is 5.91 Å². The van der Waals surface area contributed by atoms with Crippen molar-refractivity contribution in [2.75, 3.05) is 10.6 Å². The Balaban J connectivity index is 1.42. The maximum atomic E-state index is 12.3. The maximum Gasteiger partial charge on any atom is 0.329 e. The third-order valence-electron chi connectivity index (χ3n) is 4.63. The summed E-state index contributed by atoms with van der Waals surface area (Å²) in [5.74, 6) is -1.39. The van der Waals surface area contributed by atoms with Crippen molar-refractivity contribution in [3.8, 4) is 5.75 Å². The van der Waals surface area contributed by atoms with Crippen molar-refractivity contribution in [1.29, 1.82) is 0 Å². The number of nitrogens with zero attached hydrogens (tertiary/aromatic N) is 1. The fourth-order valence-corrected chi connectivity index (χ4v) is 2.96. The number of amides is 3. The quantitative estimate of drug-likeness (QED) is 0.269. The summed E-state index contributed by atoms with van der Waals surface area (Å²) in [4.78, 5) is 36.2. The van der Waals surface area contributed by atoms with E-state index in [1.807, 2.05) is 43.3 Å². The Kier molecular flexibility index (Phi) is 8.51. The number of hydrazone groups is 1. The zero-order valence-electron chi connectivity index (χ0n) is 19.0. The van der Waals surface area contributed by atoms with Gasteiger partial charge in [0.05, 0.1) is 6.42 Å². The molecule has 34 heavy (non-hydrogen) atoms. The molecule has 0 atom stereocenters. The van der Waals surface area contributed by atoms with Crippen LogP contribution in [0.3, 0.4) is 0 Å². The summed E-state index contributed by atoms with van der Waals surface area (Å²) >= 11 is 0. The van der Waals surface area contributed by atoms with Gasteiger partial charge < -0.3 is 15.4 Å². The van der Waals surface area contributed by atoms with E-state index >= 15 is 0 Å². The van der Waals surface area contributed by atoms with Crippen LogP contribution in [0.1, 0.15) is 24.5 Å². The van der Waals surface area contributed by atoms with E-state index in [1.165, 1.54) is 0 Å². The molecule has 3 aromatic rings. The summed E-state index contributed by atoms with van der Waals surface area (Å²) < 4.78 is 5.73. The number of nitrogens with one attached hydrogen (secondary N) is 3. The average Bonchev–Trinajstić information content (AvgIpc) is 2.82. The van der Waals surface area contributed by atoms with E-state index in [0.717, 1.165) is 11.1 Å². The van der Waals surface area contributed by atoms with Gasteiger partial charge in [-0.05, 0) is 61.4 Å². The first-order chi connectivity index (χ1) is 16.4. The normalized spacial score (nSPS) is 10.8. The van der Waals surface area contributed by atoms with Crippen molar-refractivity contribution in [3.63, 3.8) is 0 Å². The highest BCUT2D eigenvalue weighted by atomic mass is 16.5. The molecule has 0 fully saturated rings. The highest BCUT2D eigenvalue weighted by Crippen LogP contribution is 2.17. The Bertz CT molecular complexity index is 1170. The minimum absolute atomic E-state index is 0.0496. The lowest BCUT2D eigenvalue weighted by Crippen LogP contribution is -2.33. The zero-order chi connectivity index (χ0) is 24.3. The molecule has 0 aliphatic rings. The molecule has 0 unspecified atom stereocenters. The fourth-order valence-electron chi connectivity index (χ4n) is 2.96. The summed E-state index contributed by atoms with van der Waals surface area (Å²) in [5.41, 5.74) is 5.64. The summed E-state index contributed by atoms with van der Waals surface area (Å²) in [5, 5.41) is 9.08. The number of aryl methyl sites for hydroxylation is 1. The van der Waals surface area contributed by atoms with Crippen molar-refractivity contribution in [2.45, 2.75) is 26.9 Å². The van der Waals surface area contributed by atoms with Gasteiger partial charge in [0, 0.05) is 17.1 Å². The molecule has 8 nitrogen and oxygen atoms in total. The smallest absolute Gasteiger partial charge is 0.329 e. The summed E-state index contributed by atoms with van der Waals surface area (Å²) in [6, 6.07) is 23.9. The topological polar surface area (TPSA) is 109 Å². The van der Waals surface area contributed by atoms with Crippen LogP contribution in [0.25, 0.3) is 0 Å². The second-order valence-corrected chi connectivity index (χ2v) is 7.64. The fraction of sp³-hybridized carbons (Fsp3) is 0.154. The SMILES string of the molecule is C/C(CC(=O)Nc1ccc(OCc2ccccc2)cc1)=N/NC(=O)C(=O)Nc1cccc(C)c1. The van der Waals surface area contributed by atoms with Crippen LogP contribution >= 0.6 is 0 Å². The molecular weight excluding hydrogens is 432 g/mol. The van der Waals surface area contributed by atoms with Gasteiger partial charge in [-0.2, -0.15) is 5.10 Å². The van der Waals surface area contributed by atoms with E-state index in [0.29, 0.717) is 29.4 Å². The van der Waals surface area contributed by atoms with Gasteiger partial charge in [-0.3, -0.25) is 14.4 Å². The number of ether oxygens (including phenoxy) is 1. The number of anilines is 2. The first kappa shape index (κ1) is 24.2. The van der Waals surface area contributed by atoms with Crippen LogP contribution in [0.5, 0.6) is 5.75 Å². The Labute approximate surface area is 198 Å². The van der Waals surface area contributed by atoms with E-state index in [9.17, 15) is 14.4 Å². The number of rotatable bonds is 8. The van der Waals surface area contributed by atoms with Crippen LogP contribution in [0.15, 0.2) is 84.0 Å². The number of hydrogen-bond donors (Lipinski definition) is 3. The second kappa shape index (κ2) is 12.0. The van der Waals surface area contributed by atoms with Crippen LogP contribution in [-0.4, -0.2) is 23.4 Å². The van der Waals surface area contributed by atoms with Gasteiger partial charge in [-0.15, -0.1) is 0 Å². The molecule has 0 bridgehead atoms. The van der Waals surface area contributed by atoms with Crippen LogP contribution in [0.4, 0.5) is 11.4 Å². The van der Waals surface area contributed by atoms with E-state index in [1.54, 1.807) is 49.4 Å². The summed E-state index contributed by atoms with van der Waals surface area (Å²) in [6.45, 7) is 3.92. The van der Waals surface area contributed by atoms with Crippen molar-refractivity contribution in [1.82, 2.24) is 5.43 Å². The lowest BCUT2D eigenvalue weighted by atomic mass is 10.2. The Hall–Kier alpha value is -4.46. The Morgan fingerprint density at radius 2 is 1.56 bits per heavy atom. The molecule has 0 radical (unpaired) electrons. The first-order valence-corrected chi connectivity index (χ1v) is 10.7. The molecule has 3 N–H and O–H groups in total. The van der Waals surface area contributed by atoms with Crippen LogP contribution in [0, 0.1) is 6.92 Å². The van der Waals surface area contributed by atoms with Gasteiger partial charge in [0.15, 0.2) is 0 Å². The Morgan fingerprint density at radius 3 is 2.26 bits per heavy atom. The van der Waals surface area contributed by atoms with Crippen molar-refractivity contribution in [2.24, 2.45) is 5.10 Å². The number of carbonyl (C=O) groups is 3. The molecule has 3 amide bonds. The highest BCUT2D eigenvalue weighted by Gasteiger charge is 2.13. The van der Waals surface area contributed by atoms with Crippen LogP contribution in [-0.2, 0) is 21.0 Å². The van der Waals surface area contributed by atoms with Crippen molar-refractivity contribution in [3.05, 3.63) is 90.0 Å². The monoisotopic (exact) mass is 458 g/mol. The molecule has 0 aliphatic carbocycles. The third-order valence-corrected chi connectivity index (χ3v) is 4.63. The van der Waals surface area contributed by atoms with E-state index in [2.05, 4.69) is 21.2 Å². The largest absolute Gasteiger partial charge is 0.489 e. The lowest BCUT2D eigenvalue weighted by Gasteiger charge is -2.09. The van der Waals surface area contributed by atoms with Gasteiger partial charge >= 0.3 is 11.8 Å². The molecule has 0 aromatic heterocycles. The maximum absolute atomic E-state index is 12.3. The molecule has 3 rings (SSSR count). The minimum Gasteiger partial charge on any atom is -0.489 e. The van der Waals surface area contributed by atoms with Crippen LogP contribution in [0.2, 0.25) is 0 Å². The average molecular weight is 459 g/mol. The third kappa shape index (κ3) is 7.90. The van der Waals surface area contributed by atoms with E-state index in [-0.39, 0.29) is 12.3 Å². The molecule has 0 aliphatic heterocycles. The van der Waals surface area contributed by atoms with E-state index in [4.69, 9.17) is 4.74 Å². The van der Waals surface area contributed by atoms with Gasteiger partial charge in [-0.25, -0.2) is 5.43 Å². The second-order valence-electron chi connectivity index (χ2n) is 7.64. The minimum atomic E-state index is -0.924. The standard InChI is InChI=1S/C26H26N4O4/c1-18-7-6-10-22(15-18)28-25(32)26(33)30-29-19(2)16-24(31)27-21-11-13-23(14-12-21)34-17-20-8-4-3-5-9-20/h3-15H,16-17H2,1-2H3,(H,27,31)(H,28,32)(H,30,33)/b29-19-. The molecule has 0 heterocycles. The highest BCUT2D eigenvalue weighted by molar-refractivity contribution is 6.39. The van der Waals surface area contributed by atoms with Gasteiger partial charge in [0.1, 0.15) is 12.4 Å². The first-order valence-electron chi connectivity index (χ1n) is 10.7. The number of carbonyl (C=O) groups excluding carboxylic acids is 3. The molecule has 8 heteroatoms. The molecule has 174 valence electrons. The van der Waals surface area contributed by atoms with E-state index < -0.39 is 11.8 Å². The van der Waals surface area contributed by atoms with Crippen molar-refractivity contribution < 1.29 is 19.1 Å². The van der Waals surface area contributed by atoms with Gasteiger partial charge in [0.25, 0.3) is 0 Å². The summed E-state index contributed by atoms with van der Waals surface area (Å²) in [7, 11) is 0. The zero-order valence-corrected chi connectivity index (χ0v) is 19.0. The molecular formula is C26H26N4O4. The van der Waals surface area contributed by atoms with Crippen molar-refractivity contribution >= 4 is 34.8 Å². The molecule has 3 aromatic carbocycles. The van der Waals surface area contributed by atoms with Gasteiger partial charge in [-0.1, -0.05) is 42.5 Å². The summed E-state index contributed by atoms with van der Waals surface area (Å²) in [6.07, 6.45) is -0.0496. The predicted molar refractivity (Wildman–Crippen MR) is 132 cm³/mol. The lowest BCUT2D eigenvalue weighted by molar-refractivity contribution is -0.136. The Morgan fingerprint density at radius 1 is 0.824 bits per heavy atom. The number of hydrogen-bond acceptors (Lipinski definition) is 5. The molecule has 0 saturated heterocycles. The number of benzene rings is 3. The molecule has 0 saturated carbocycles. The van der Waals surface area contributed by atoms with Crippen LogP contribution < -0.4 is 20.8 Å².